The monoisotopic (exact) mass is 562 g/mol. The van der Waals surface area contributed by atoms with E-state index in [1.807, 2.05) is 13.8 Å². The van der Waals surface area contributed by atoms with Crippen LogP contribution in [-0.4, -0.2) is 52.1 Å². The second-order valence-corrected chi connectivity index (χ2v) is 11.6. The van der Waals surface area contributed by atoms with E-state index in [1.54, 1.807) is 25.7 Å². The lowest BCUT2D eigenvalue weighted by Gasteiger charge is -2.32. The van der Waals surface area contributed by atoms with Crippen LogP contribution in [-0.2, 0) is 4.74 Å². The fourth-order valence-corrected chi connectivity index (χ4v) is 4.94. The number of ether oxygens (including phenoxy) is 1. The number of nitrogens with zero attached hydrogens (tertiary/aromatic N) is 3. The summed E-state index contributed by atoms with van der Waals surface area (Å²) in [7, 11) is 0. The highest BCUT2D eigenvalue weighted by molar-refractivity contribution is 7.14. The van der Waals surface area contributed by atoms with Gasteiger partial charge in [-0.2, -0.15) is 0 Å². The van der Waals surface area contributed by atoms with Crippen molar-refractivity contribution in [2.75, 3.05) is 13.1 Å². The number of amidine groups is 2. The zero-order chi connectivity index (χ0) is 29.1. The van der Waals surface area contributed by atoms with E-state index in [0.717, 1.165) is 17.4 Å². The molecule has 1 amide bonds. The predicted octanol–water partition coefficient (Wildman–Crippen LogP) is 6.26. The van der Waals surface area contributed by atoms with Crippen molar-refractivity contribution in [3.05, 3.63) is 51.6 Å². The zero-order valence-corrected chi connectivity index (χ0v) is 23.4. The summed E-state index contributed by atoms with van der Waals surface area (Å²) in [5.74, 6) is -3.64. The Hall–Kier alpha value is -3.54. The van der Waals surface area contributed by atoms with E-state index in [0.29, 0.717) is 37.0 Å². The average molecular weight is 563 g/mol. The van der Waals surface area contributed by atoms with Crippen LogP contribution in [0.1, 0.15) is 63.3 Å². The van der Waals surface area contributed by atoms with Crippen molar-refractivity contribution < 1.29 is 22.7 Å². The number of nitrogens with two attached hydrogens (primary N) is 1. The summed E-state index contributed by atoms with van der Waals surface area (Å²) < 4.78 is 47.9. The van der Waals surface area contributed by atoms with Crippen LogP contribution >= 0.6 is 11.3 Å². The lowest BCUT2D eigenvalue weighted by atomic mass is 9.97. The van der Waals surface area contributed by atoms with E-state index < -0.39 is 29.1 Å². The Kier molecular flexibility index (Phi) is 9.31. The van der Waals surface area contributed by atoms with Gasteiger partial charge in [-0.25, -0.2) is 27.9 Å². The molecule has 1 aliphatic rings. The predicted molar refractivity (Wildman–Crippen MR) is 147 cm³/mol. The smallest absolute Gasteiger partial charge is 0.410 e. The second kappa shape index (κ2) is 12.1. The Morgan fingerprint density at radius 2 is 1.77 bits per heavy atom. The van der Waals surface area contributed by atoms with Crippen LogP contribution in [0.25, 0.3) is 11.3 Å². The number of likely N-dealkylation sites (tertiary alicyclic amines) is 1. The van der Waals surface area contributed by atoms with Gasteiger partial charge in [-0.15, -0.1) is 11.3 Å². The first kappa shape index (κ1) is 30.0. The number of nitrogens with one attached hydrogen (secondary N) is 2. The molecular formula is C27H33F3N6O2S. The number of carbonyl (C=O) groups excluding carboxylic acids is 1. The third-order valence-electron chi connectivity index (χ3n) is 5.90. The van der Waals surface area contributed by atoms with Gasteiger partial charge in [-0.1, -0.05) is 13.8 Å². The summed E-state index contributed by atoms with van der Waals surface area (Å²) in [6, 6.07) is 1.18. The molecule has 0 bridgehead atoms. The van der Waals surface area contributed by atoms with Crippen LogP contribution in [0.4, 0.5) is 18.0 Å². The Labute approximate surface area is 229 Å². The molecule has 0 spiro atoms. The maximum Gasteiger partial charge on any atom is 0.410 e. The van der Waals surface area contributed by atoms with E-state index in [1.165, 1.54) is 12.2 Å². The highest BCUT2D eigenvalue weighted by Crippen LogP contribution is 2.38. The third-order valence-corrected chi connectivity index (χ3v) is 7.15. The molecule has 39 heavy (non-hydrogen) atoms. The molecule has 0 unspecified atom stereocenters. The van der Waals surface area contributed by atoms with Gasteiger partial charge in [0.2, 0.25) is 0 Å². The number of allylic oxidation sites excluding steroid dienone is 1. The molecule has 4 N–H and O–H groups in total. The van der Waals surface area contributed by atoms with Gasteiger partial charge in [-0.3, -0.25) is 10.8 Å². The van der Waals surface area contributed by atoms with Gasteiger partial charge in [0.25, 0.3) is 0 Å². The highest BCUT2D eigenvalue weighted by atomic mass is 32.1. The number of benzene rings is 1. The topological polar surface area (TPSA) is 129 Å². The first-order chi connectivity index (χ1) is 18.2. The van der Waals surface area contributed by atoms with Crippen LogP contribution in [0.3, 0.4) is 0 Å². The summed E-state index contributed by atoms with van der Waals surface area (Å²) in [5.41, 5.74) is 4.81. The molecule has 0 aliphatic carbocycles. The van der Waals surface area contributed by atoms with Crippen molar-refractivity contribution >= 4 is 34.8 Å². The van der Waals surface area contributed by atoms with E-state index in [2.05, 4.69) is 9.98 Å². The van der Waals surface area contributed by atoms with E-state index in [9.17, 15) is 18.0 Å². The Bertz CT molecular complexity index is 1320. The SMILES string of the molecule is CC(C)C(N)=NC(=N)/C=C\C(=N)c1sc(C2CCN(C(=O)OC(C)(C)C)CC2)nc1-c1cc(F)c(F)cc1F. The maximum absolute atomic E-state index is 14.8. The number of thiazole rings is 1. The molecular weight excluding hydrogens is 529 g/mol. The first-order valence-electron chi connectivity index (χ1n) is 12.5. The molecule has 1 aliphatic heterocycles. The highest BCUT2D eigenvalue weighted by Gasteiger charge is 2.30. The minimum Gasteiger partial charge on any atom is -0.444 e. The van der Waals surface area contributed by atoms with E-state index in [4.69, 9.17) is 21.3 Å². The molecule has 12 heteroatoms. The molecule has 1 saturated heterocycles. The fourth-order valence-electron chi connectivity index (χ4n) is 3.76. The number of hydrogen-bond acceptors (Lipinski definition) is 6. The maximum atomic E-state index is 14.8. The van der Waals surface area contributed by atoms with Gasteiger partial charge in [0.1, 0.15) is 23.1 Å². The van der Waals surface area contributed by atoms with Gasteiger partial charge >= 0.3 is 6.09 Å². The Morgan fingerprint density at radius 1 is 1.15 bits per heavy atom. The molecule has 210 valence electrons. The van der Waals surface area contributed by atoms with Crippen LogP contribution in [0, 0.1) is 34.2 Å². The summed E-state index contributed by atoms with van der Waals surface area (Å²) in [5, 5.41) is 17.2. The largest absolute Gasteiger partial charge is 0.444 e. The number of carbonyl (C=O) groups is 1. The summed E-state index contributed by atoms with van der Waals surface area (Å²) >= 11 is 1.14. The number of aliphatic imine (C=N–C) groups is 1. The van der Waals surface area contributed by atoms with Gasteiger partial charge in [0, 0.05) is 36.6 Å². The summed E-state index contributed by atoms with van der Waals surface area (Å²) in [6.07, 6.45) is 3.30. The lowest BCUT2D eigenvalue weighted by Crippen LogP contribution is -2.41. The van der Waals surface area contributed by atoms with Crippen LogP contribution in [0.2, 0.25) is 0 Å². The quantitative estimate of drug-likeness (QED) is 0.218. The van der Waals surface area contributed by atoms with Crippen molar-refractivity contribution in [2.45, 2.75) is 59.0 Å². The fraction of sp³-hybridized carbons (Fsp3) is 0.444. The van der Waals surface area contributed by atoms with E-state index >= 15 is 0 Å². The first-order valence-corrected chi connectivity index (χ1v) is 13.3. The molecule has 1 fully saturated rings. The average Bonchev–Trinajstić information content (AvgIpc) is 3.29. The zero-order valence-electron chi connectivity index (χ0n) is 22.6. The van der Waals surface area contributed by atoms with E-state index in [-0.39, 0.29) is 45.4 Å². The number of aromatic nitrogens is 1. The molecule has 1 aromatic heterocycles. The minimum atomic E-state index is -1.33. The lowest BCUT2D eigenvalue weighted by molar-refractivity contribution is 0.0205. The second-order valence-electron chi connectivity index (χ2n) is 10.5. The van der Waals surface area contributed by atoms with Gasteiger partial charge in [0.05, 0.1) is 21.3 Å². The molecule has 2 aromatic rings. The molecule has 0 atom stereocenters. The summed E-state index contributed by atoms with van der Waals surface area (Å²) in [6.45, 7) is 9.90. The van der Waals surface area contributed by atoms with Gasteiger partial charge in [0.15, 0.2) is 11.6 Å². The Balaban J connectivity index is 1.91. The van der Waals surface area contributed by atoms with Gasteiger partial charge < -0.3 is 15.4 Å². The third kappa shape index (κ3) is 7.75. The summed E-state index contributed by atoms with van der Waals surface area (Å²) in [4.78, 5) is 22.8. The molecule has 0 saturated carbocycles. The van der Waals surface area contributed by atoms with Gasteiger partial charge in [-0.05, 0) is 51.8 Å². The number of rotatable bonds is 6. The molecule has 2 heterocycles. The van der Waals surface area contributed by atoms with Crippen LogP contribution in [0.5, 0.6) is 0 Å². The number of hydrogen-bond donors (Lipinski definition) is 3. The van der Waals surface area contributed by atoms with Crippen LogP contribution < -0.4 is 5.73 Å². The molecule has 0 radical (unpaired) electrons. The molecule has 1 aromatic carbocycles. The molecule has 3 rings (SSSR count). The molecule has 8 nitrogen and oxygen atoms in total. The van der Waals surface area contributed by atoms with Crippen LogP contribution in [0.15, 0.2) is 29.3 Å². The minimum absolute atomic E-state index is 0.00680. The van der Waals surface area contributed by atoms with Crippen molar-refractivity contribution in [3.63, 3.8) is 0 Å². The van der Waals surface area contributed by atoms with Crippen molar-refractivity contribution in [3.8, 4) is 11.3 Å². The standard InChI is InChI=1S/C27H33F3N6O2S/c1-14(2)24(33)34-21(32)7-6-20(31)23-22(16-12-18(29)19(30)13-17(16)28)35-25(39-23)15-8-10-36(11-9-15)26(37)38-27(3,4)5/h6-7,12-15,31H,8-11H2,1-5H3,(H3,32,33,34)/b7-6-,31-20?. The number of piperidine rings is 1. The normalized spacial score (nSPS) is 15.3. The Morgan fingerprint density at radius 3 is 2.36 bits per heavy atom. The van der Waals surface area contributed by atoms with Crippen molar-refractivity contribution in [1.29, 1.82) is 10.8 Å². The number of amides is 1. The van der Waals surface area contributed by atoms with Crippen molar-refractivity contribution in [2.24, 2.45) is 16.6 Å². The number of halogens is 3. The van der Waals surface area contributed by atoms with Crippen molar-refractivity contribution in [1.82, 2.24) is 9.88 Å².